The van der Waals surface area contributed by atoms with Gasteiger partial charge in [0, 0.05) is 15.0 Å². The Morgan fingerprint density at radius 1 is 1.26 bits per heavy atom. The molecular weight excluding hydrogens is 414 g/mol. The van der Waals surface area contributed by atoms with E-state index in [2.05, 4.69) is 15.9 Å². The van der Waals surface area contributed by atoms with Crippen molar-refractivity contribution in [1.29, 1.82) is 0 Å². The number of Topliss-reactive ketones (excluding diaryl/α,β-unsaturated/α-hetero) is 1. The number of hydrogen-bond donors (Lipinski definition) is 0. The molecule has 1 aliphatic carbocycles. The molecule has 6 nitrogen and oxygen atoms in total. The summed E-state index contributed by atoms with van der Waals surface area (Å²) < 4.78 is 5.80. The fourth-order valence-corrected chi connectivity index (χ4v) is 4.15. The van der Waals surface area contributed by atoms with Crippen LogP contribution in [0, 0.1) is 15.5 Å². The highest BCUT2D eigenvalue weighted by Crippen LogP contribution is 2.47. The summed E-state index contributed by atoms with van der Waals surface area (Å²) in [6.07, 6.45) is 0.645. The van der Waals surface area contributed by atoms with Gasteiger partial charge in [0.15, 0.2) is 5.78 Å². The number of esters is 1. The summed E-state index contributed by atoms with van der Waals surface area (Å²) in [5, 5.41) is 11.4. The van der Waals surface area contributed by atoms with Crippen molar-refractivity contribution < 1.29 is 19.2 Å². The zero-order chi connectivity index (χ0) is 19.6. The Kier molecular flexibility index (Phi) is 5.41. The van der Waals surface area contributed by atoms with Crippen LogP contribution in [-0.2, 0) is 16.0 Å². The minimum atomic E-state index is -1.62. The van der Waals surface area contributed by atoms with E-state index < -0.39 is 34.6 Å². The van der Waals surface area contributed by atoms with E-state index in [9.17, 15) is 19.7 Å². The lowest BCUT2D eigenvalue weighted by Gasteiger charge is -2.38. The first-order chi connectivity index (χ1) is 12.9. The molecule has 0 heterocycles. The van der Waals surface area contributed by atoms with Gasteiger partial charge in [-0.25, -0.2) is 0 Å². The first-order valence-electron chi connectivity index (χ1n) is 8.48. The monoisotopic (exact) mass is 431 g/mol. The molecule has 2 atom stereocenters. The Balaban J connectivity index is 2.20. The predicted octanol–water partition coefficient (Wildman–Crippen LogP) is 3.80. The summed E-state index contributed by atoms with van der Waals surface area (Å²) in [5.41, 5.74) is 0.217. The second-order valence-electron chi connectivity index (χ2n) is 6.57. The average Bonchev–Trinajstić information content (AvgIpc) is 2.67. The molecule has 0 saturated carbocycles. The molecule has 7 heteroatoms. The molecule has 2 unspecified atom stereocenters. The highest BCUT2D eigenvalue weighted by molar-refractivity contribution is 9.10. The Hall–Kier alpha value is -2.54. The van der Waals surface area contributed by atoms with Crippen molar-refractivity contribution in [2.24, 2.45) is 5.41 Å². The first-order valence-corrected chi connectivity index (χ1v) is 9.28. The van der Waals surface area contributed by atoms with Crippen LogP contribution < -0.4 is 0 Å². The van der Waals surface area contributed by atoms with Crippen molar-refractivity contribution in [2.75, 3.05) is 13.7 Å². The van der Waals surface area contributed by atoms with Gasteiger partial charge in [0.2, 0.25) is 6.54 Å². The standard InChI is InChI=1S/C20H18BrNO5/c1-27-19(24)20(11-10-13-4-2-3-5-16(13)18(20)23)17(12-22(25)26)14-6-8-15(21)9-7-14/h2-9,17H,10-12H2,1H3. The molecule has 0 aliphatic heterocycles. The van der Waals surface area contributed by atoms with Gasteiger partial charge in [0.25, 0.3) is 0 Å². The molecule has 0 radical (unpaired) electrons. The maximum atomic E-state index is 13.5. The number of aryl methyl sites for hydroxylation is 1. The molecule has 0 spiro atoms. The van der Waals surface area contributed by atoms with Gasteiger partial charge in [-0.1, -0.05) is 52.3 Å². The number of carbonyl (C=O) groups is 2. The van der Waals surface area contributed by atoms with Gasteiger partial charge < -0.3 is 4.74 Å². The van der Waals surface area contributed by atoms with Crippen LogP contribution in [0.2, 0.25) is 0 Å². The molecular formula is C20H18BrNO5. The molecule has 1 aliphatic rings. The number of nitro groups is 1. The van der Waals surface area contributed by atoms with E-state index in [0.29, 0.717) is 17.5 Å². The second kappa shape index (κ2) is 7.60. The summed E-state index contributed by atoms with van der Waals surface area (Å²) in [4.78, 5) is 37.3. The van der Waals surface area contributed by atoms with Crippen LogP contribution in [-0.4, -0.2) is 30.3 Å². The third-order valence-electron chi connectivity index (χ3n) is 5.20. The summed E-state index contributed by atoms with van der Waals surface area (Å²) in [7, 11) is 1.21. The van der Waals surface area contributed by atoms with Crippen LogP contribution in [0.5, 0.6) is 0 Å². The predicted molar refractivity (Wildman–Crippen MR) is 102 cm³/mol. The molecule has 2 aromatic carbocycles. The third-order valence-corrected chi connectivity index (χ3v) is 5.73. The van der Waals surface area contributed by atoms with Crippen LogP contribution in [0.1, 0.15) is 33.8 Å². The largest absolute Gasteiger partial charge is 0.468 e. The molecule has 0 amide bonds. The van der Waals surface area contributed by atoms with Crippen molar-refractivity contribution in [3.63, 3.8) is 0 Å². The van der Waals surface area contributed by atoms with E-state index in [-0.39, 0.29) is 6.42 Å². The Bertz CT molecular complexity index is 896. The highest BCUT2D eigenvalue weighted by Gasteiger charge is 2.57. The molecule has 27 heavy (non-hydrogen) atoms. The third kappa shape index (κ3) is 3.39. The van der Waals surface area contributed by atoms with E-state index in [4.69, 9.17) is 4.74 Å². The van der Waals surface area contributed by atoms with Crippen molar-refractivity contribution >= 4 is 27.7 Å². The van der Waals surface area contributed by atoms with Gasteiger partial charge >= 0.3 is 5.97 Å². The number of nitrogens with zero attached hydrogens (tertiary/aromatic N) is 1. The highest BCUT2D eigenvalue weighted by atomic mass is 79.9. The Morgan fingerprint density at radius 3 is 2.56 bits per heavy atom. The maximum Gasteiger partial charge on any atom is 0.320 e. The van der Waals surface area contributed by atoms with E-state index in [0.717, 1.165) is 10.0 Å². The van der Waals surface area contributed by atoms with Crippen molar-refractivity contribution in [2.45, 2.75) is 18.8 Å². The summed E-state index contributed by atoms with van der Waals surface area (Å²) in [5.74, 6) is -2.06. The van der Waals surface area contributed by atoms with Crippen molar-refractivity contribution in [3.8, 4) is 0 Å². The number of ether oxygens (including phenoxy) is 1. The zero-order valence-corrected chi connectivity index (χ0v) is 16.3. The fraction of sp³-hybridized carbons (Fsp3) is 0.300. The van der Waals surface area contributed by atoms with Gasteiger partial charge in [-0.3, -0.25) is 19.7 Å². The van der Waals surface area contributed by atoms with Gasteiger partial charge in [-0.05, 0) is 36.1 Å². The minimum Gasteiger partial charge on any atom is -0.468 e. The van der Waals surface area contributed by atoms with Crippen LogP contribution in [0.3, 0.4) is 0 Å². The lowest BCUT2D eigenvalue weighted by molar-refractivity contribution is -0.485. The molecule has 140 valence electrons. The maximum absolute atomic E-state index is 13.5. The van der Waals surface area contributed by atoms with Crippen LogP contribution in [0.25, 0.3) is 0 Å². The van der Waals surface area contributed by atoms with Crippen LogP contribution in [0.4, 0.5) is 0 Å². The van der Waals surface area contributed by atoms with Gasteiger partial charge in [-0.2, -0.15) is 0 Å². The van der Waals surface area contributed by atoms with Crippen LogP contribution >= 0.6 is 15.9 Å². The lowest BCUT2D eigenvalue weighted by Crippen LogP contribution is -2.50. The number of fused-ring (bicyclic) bond motifs is 1. The summed E-state index contributed by atoms with van der Waals surface area (Å²) in [6, 6.07) is 14.0. The number of halogens is 1. The summed E-state index contributed by atoms with van der Waals surface area (Å²) in [6.45, 7) is -0.537. The van der Waals surface area contributed by atoms with Crippen LogP contribution in [0.15, 0.2) is 53.0 Å². The zero-order valence-electron chi connectivity index (χ0n) is 14.7. The molecule has 3 rings (SSSR count). The number of benzene rings is 2. The normalized spacial score (nSPS) is 19.9. The molecule has 0 saturated heterocycles. The topological polar surface area (TPSA) is 86.5 Å². The number of hydrogen-bond acceptors (Lipinski definition) is 5. The van der Waals surface area contributed by atoms with E-state index in [1.165, 1.54) is 7.11 Å². The molecule has 2 aromatic rings. The number of ketones is 1. The number of rotatable bonds is 5. The Morgan fingerprint density at radius 2 is 1.93 bits per heavy atom. The molecule has 0 fully saturated rings. The van der Waals surface area contributed by atoms with E-state index in [1.54, 1.807) is 36.4 Å². The molecule has 0 aromatic heterocycles. The SMILES string of the molecule is COC(=O)C1(C(C[N+](=O)[O-])c2ccc(Br)cc2)CCc2ccccc2C1=O. The quantitative estimate of drug-likeness (QED) is 0.311. The lowest BCUT2D eigenvalue weighted by atomic mass is 9.61. The number of carbonyl (C=O) groups excluding carboxylic acids is 2. The van der Waals surface area contributed by atoms with E-state index >= 15 is 0 Å². The smallest absolute Gasteiger partial charge is 0.320 e. The molecule has 0 bridgehead atoms. The first kappa shape index (κ1) is 19.2. The number of methoxy groups -OCH3 is 1. The molecule has 0 N–H and O–H groups in total. The fourth-order valence-electron chi connectivity index (χ4n) is 3.89. The Labute approximate surface area is 164 Å². The van der Waals surface area contributed by atoms with Crippen molar-refractivity contribution in [1.82, 2.24) is 0 Å². The van der Waals surface area contributed by atoms with E-state index in [1.807, 2.05) is 12.1 Å². The second-order valence-corrected chi connectivity index (χ2v) is 7.48. The van der Waals surface area contributed by atoms with Gasteiger partial charge in [-0.15, -0.1) is 0 Å². The van der Waals surface area contributed by atoms with Crippen molar-refractivity contribution in [3.05, 3.63) is 79.8 Å². The summed E-state index contributed by atoms with van der Waals surface area (Å²) >= 11 is 3.34. The average molecular weight is 432 g/mol. The van der Waals surface area contributed by atoms with Gasteiger partial charge in [0.05, 0.1) is 13.0 Å². The van der Waals surface area contributed by atoms with Gasteiger partial charge in [0.1, 0.15) is 5.41 Å². The minimum absolute atomic E-state index is 0.171.